The van der Waals surface area contributed by atoms with Crippen LogP contribution in [-0.4, -0.2) is 65.2 Å². The molecule has 22 heteroatoms. The largest absolute Gasteiger partial charge is 0.490 e. The van der Waals surface area contributed by atoms with Gasteiger partial charge in [0.25, 0.3) is 0 Å². The van der Waals surface area contributed by atoms with E-state index < -0.39 is 54.2 Å². The lowest BCUT2D eigenvalue weighted by atomic mass is 10.2. The van der Waals surface area contributed by atoms with E-state index in [1.54, 1.807) is 0 Å². The molecule has 36 heavy (non-hydrogen) atoms. The summed E-state index contributed by atoms with van der Waals surface area (Å²) in [6, 6.07) is 1.36. The van der Waals surface area contributed by atoms with E-state index in [0.717, 1.165) is 4.57 Å². The zero-order valence-corrected chi connectivity index (χ0v) is 23.2. The Bertz CT molecular complexity index is 1100. The number of aromatic nitrogens is 2. The van der Waals surface area contributed by atoms with Crippen molar-refractivity contribution in [2.45, 2.75) is 43.5 Å². The number of ether oxygens (including phenoxy) is 2. The lowest BCUT2D eigenvalue weighted by molar-refractivity contribution is -0.0543. The highest BCUT2D eigenvalue weighted by atomic mass is 33.1. The van der Waals surface area contributed by atoms with Gasteiger partial charge < -0.3 is 40.5 Å². The molecule has 0 radical (unpaired) electrons. The second-order valence-electron chi connectivity index (χ2n) is 7.78. The van der Waals surface area contributed by atoms with Gasteiger partial charge in [-0.05, 0) is 19.9 Å². The van der Waals surface area contributed by atoms with Crippen molar-refractivity contribution in [2.24, 2.45) is 5.73 Å². The van der Waals surface area contributed by atoms with E-state index in [0.29, 0.717) is 6.54 Å². The zero-order valence-electron chi connectivity index (χ0n) is 18.9. The molecule has 1 saturated heterocycles. The smallest absolute Gasteiger partial charge is 0.383 e. The molecule has 3 unspecified atom stereocenters. The molecule has 0 aromatic carbocycles. The number of phosphoric acid groups is 3. The highest BCUT2D eigenvalue weighted by Crippen LogP contribution is 2.66. The van der Waals surface area contributed by atoms with Crippen LogP contribution in [0.15, 0.2) is 17.1 Å². The Morgan fingerprint density at radius 1 is 1.22 bits per heavy atom. The number of anilines is 1. The highest BCUT2D eigenvalue weighted by Gasteiger charge is 2.43. The molecular formula is C14H27N4O13P3S2. The van der Waals surface area contributed by atoms with E-state index in [1.807, 2.05) is 13.8 Å². The first-order valence-electron chi connectivity index (χ1n) is 9.83. The van der Waals surface area contributed by atoms with Crippen LogP contribution in [0.3, 0.4) is 0 Å². The van der Waals surface area contributed by atoms with Crippen molar-refractivity contribution < 1.29 is 55.9 Å². The van der Waals surface area contributed by atoms with Crippen molar-refractivity contribution in [2.75, 3.05) is 24.8 Å². The summed E-state index contributed by atoms with van der Waals surface area (Å²) >= 11 is 0. The number of phosphoric ester groups is 1. The van der Waals surface area contributed by atoms with E-state index in [9.17, 15) is 28.3 Å². The topological polar surface area (TPSA) is 265 Å². The molecule has 1 aromatic heterocycles. The molecule has 17 nitrogen and oxygen atoms in total. The molecular weight excluding hydrogens is 589 g/mol. The van der Waals surface area contributed by atoms with Gasteiger partial charge in [-0.25, -0.2) is 18.5 Å². The first-order valence-corrected chi connectivity index (χ1v) is 16.7. The molecule has 0 bridgehead atoms. The summed E-state index contributed by atoms with van der Waals surface area (Å²) in [5, 5.41) is 0. The van der Waals surface area contributed by atoms with Crippen molar-refractivity contribution in [3.63, 3.8) is 0 Å². The Kier molecular flexibility index (Phi) is 11.2. The lowest BCUT2D eigenvalue weighted by Crippen LogP contribution is -2.29. The molecule has 8 N–H and O–H groups in total. The third-order valence-corrected chi connectivity index (χ3v) is 11.0. The molecule has 2 heterocycles. The molecule has 1 fully saturated rings. The molecule has 2 rings (SSSR count). The summed E-state index contributed by atoms with van der Waals surface area (Å²) in [5.41, 5.74) is 10.5. The fourth-order valence-electron chi connectivity index (χ4n) is 2.65. The van der Waals surface area contributed by atoms with Crippen molar-refractivity contribution in [1.29, 1.82) is 0 Å². The van der Waals surface area contributed by atoms with E-state index >= 15 is 0 Å². The molecule has 0 saturated carbocycles. The Balaban J connectivity index is 2.09. The van der Waals surface area contributed by atoms with Gasteiger partial charge >= 0.3 is 29.2 Å². The van der Waals surface area contributed by atoms with E-state index in [2.05, 4.69) is 18.1 Å². The van der Waals surface area contributed by atoms with Gasteiger partial charge in [-0.15, -0.1) is 0 Å². The number of rotatable bonds is 14. The highest BCUT2D eigenvalue weighted by molar-refractivity contribution is 8.77. The third-order valence-electron chi connectivity index (χ3n) is 4.27. The maximum atomic E-state index is 12.2. The summed E-state index contributed by atoms with van der Waals surface area (Å²) < 4.78 is 58.8. The molecule has 0 aliphatic carbocycles. The van der Waals surface area contributed by atoms with Gasteiger partial charge in [0.2, 0.25) is 0 Å². The second kappa shape index (κ2) is 12.7. The minimum atomic E-state index is -5.68. The Morgan fingerprint density at radius 2 is 1.89 bits per heavy atom. The molecule has 5 atom stereocenters. The van der Waals surface area contributed by atoms with Gasteiger partial charge in [0.1, 0.15) is 24.1 Å². The number of nitrogens with two attached hydrogens (primary N) is 2. The average Bonchev–Trinajstić information content (AvgIpc) is 3.10. The fourth-order valence-corrected chi connectivity index (χ4v) is 7.81. The van der Waals surface area contributed by atoms with Gasteiger partial charge in [-0.1, -0.05) is 21.6 Å². The van der Waals surface area contributed by atoms with Crippen LogP contribution in [0, 0.1) is 0 Å². The minimum Gasteiger partial charge on any atom is -0.383 e. The molecule has 208 valence electrons. The summed E-state index contributed by atoms with van der Waals surface area (Å²) in [5.74, 6) is 0.123. The molecule has 1 aliphatic rings. The molecule has 1 aliphatic heterocycles. The molecule has 1 aromatic rings. The van der Waals surface area contributed by atoms with E-state index in [1.165, 1.54) is 33.9 Å². The summed E-state index contributed by atoms with van der Waals surface area (Å²) in [6.07, 6.45) is -1.38. The van der Waals surface area contributed by atoms with Crippen LogP contribution in [0.4, 0.5) is 5.82 Å². The zero-order chi connectivity index (χ0) is 27.4. The van der Waals surface area contributed by atoms with Crippen molar-refractivity contribution in [3.8, 4) is 0 Å². The van der Waals surface area contributed by atoms with Gasteiger partial charge in [-0.3, -0.25) is 9.09 Å². The molecule has 0 amide bonds. The van der Waals surface area contributed by atoms with Crippen LogP contribution in [-0.2, 0) is 36.3 Å². The first kappa shape index (κ1) is 31.9. The lowest BCUT2D eigenvalue weighted by Gasteiger charge is -2.23. The van der Waals surface area contributed by atoms with Crippen LogP contribution < -0.4 is 17.2 Å². The summed E-state index contributed by atoms with van der Waals surface area (Å²) in [7, 11) is -13.8. The maximum Gasteiger partial charge on any atom is 0.490 e. The Hall–Kier alpha value is -0.330. The predicted octanol–water partition coefficient (Wildman–Crippen LogP) is 0.918. The standard InChI is InChI=1S/C14H27N4O13P3S2/c1-14(2,7-15)36-35-8-27-9-5-12(18-4-3-11(16)17-13(18)19)29-10(9)6-28-33(23,24)31-34(25,26)30-32(20,21)22/h3-4,9-10,12H,5-8,15H2,1-2H3,(H,23,24)(H,25,26)(H2,16,17,19)(H2,20,21,22)/t9?,10-,12-/m1/s1. The van der Waals surface area contributed by atoms with Crippen molar-refractivity contribution in [1.82, 2.24) is 9.55 Å². The second-order valence-corrected chi connectivity index (χ2v) is 15.2. The van der Waals surface area contributed by atoms with Crippen LogP contribution in [0.1, 0.15) is 26.5 Å². The van der Waals surface area contributed by atoms with Crippen LogP contribution in [0.25, 0.3) is 0 Å². The average molecular weight is 616 g/mol. The monoisotopic (exact) mass is 616 g/mol. The van der Waals surface area contributed by atoms with Crippen molar-refractivity contribution >= 4 is 50.9 Å². The number of nitrogens with zero attached hydrogens (tertiary/aromatic N) is 2. The number of nitrogen functional groups attached to an aromatic ring is 1. The third kappa shape index (κ3) is 10.8. The quantitative estimate of drug-likeness (QED) is 0.0734. The van der Waals surface area contributed by atoms with Crippen LogP contribution >= 0.6 is 45.1 Å². The normalized spacial score (nSPS) is 24.4. The van der Waals surface area contributed by atoms with E-state index in [4.69, 9.17) is 30.7 Å². The predicted molar refractivity (Wildman–Crippen MR) is 129 cm³/mol. The van der Waals surface area contributed by atoms with Gasteiger partial charge in [0.05, 0.1) is 12.7 Å². The minimum absolute atomic E-state index is 0.0119. The van der Waals surface area contributed by atoms with E-state index in [-0.39, 0.29) is 22.9 Å². The number of hydrogen-bond donors (Lipinski definition) is 6. The fraction of sp³-hybridized carbons (Fsp3) is 0.714. The van der Waals surface area contributed by atoms with Crippen molar-refractivity contribution in [3.05, 3.63) is 22.7 Å². The van der Waals surface area contributed by atoms with Crippen LogP contribution in [0.5, 0.6) is 0 Å². The number of hydrogen-bond acceptors (Lipinski definition) is 14. The Labute approximate surface area is 213 Å². The van der Waals surface area contributed by atoms with Gasteiger partial charge in [0, 0.05) is 23.9 Å². The summed E-state index contributed by atoms with van der Waals surface area (Å²) in [4.78, 5) is 52.0. The van der Waals surface area contributed by atoms with Gasteiger partial charge in [0.15, 0.2) is 0 Å². The SMILES string of the molecule is CC(C)(CN)SSCOC1C[C@H](n2ccc(N)nc2=O)O[C@@H]1COP(=O)(O)OP(=O)(O)OP(=O)(O)O. The summed E-state index contributed by atoms with van der Waals surface area (Å²) in [6.45, 7) is 3.54. The van der Waals surface area contributed by atoms with Gasteiger partial charge in [-0.2, -0.15) is 13.6 Å². The molecule has 0 spiro atoms. The van der Waals surface area contributed by atoms with Crippen LogP contribution in [0.2, 0.25) is 0 Å². The first-order chi connectivity index (χ1) is 16.4. The maximum absolute atomic E-state index is 12.2. The Morgan fingerprint density at radius 3 is 2.47 bits per heavy atom.